The third-order valence-electron chi connectivity index (χ3n) is 2.03. The van der Waals surface area contributed by atoms with E-state index in [-0.39, 0.29) is 0 Å². The van der Waals surface area contributed by atoms with Crippen LogP contribution in [-0.4, -0.2) is 24.6 Å². The summed E-state index contributed by atoms with van der Waals surface area (Å²) in [5, 5.41) is 4.28. The molecule has 0 atom stereocenters. The lowest BCUT2D eigenvalue weighted by atomic mass is 10.4. The highest BCUT2D eigenvalue weighted by Crippen LogP contribution is 2.20. The fourth-order valence-electron chi connectivity index (χ4n) is 0.951. The predicted molar refractivity (Wildman–Crippen MR) is 77.0 cm³/mol. The Morgan fingerprint density at radius 1 is 1.47 bits per heavy atom. The van der Waals surface area contributed by atoms with Crippen LogP contribution >= 0.6 is 38.5 Å². The highest BCUT2D eigenvalue weighted by atomic mass is 127. The van der Waals surface area contributed by atoms with Gasteiger partial charge in [-0.15, -0.1) is 5.10 Å². The van der Waals surface area contributed by atoms with Crippen molar-refractivity contribution in [1.29, 1.82) is 0 Å². The van der Waals surface area contributed by atoms with Gasteiger partial charge in [0.2, 0.25) is 0 Å². The molecule has 0 aliphatic rings. The maximum absolute atomic E-state index is 5.60. The quantitative estimate of drug-likeness (QED) is 0.570. The Labute approximate surface area is 114 Å². The van der Waals surface area contributed by atoms with Gasteiger partial charge in [0.05, 0.1) is 0 Å². The summed E-state index contributed by atoms with van der Waals surface area (Å²) in [5.74, 6) is 0. The van der Waals surface area contributed by atoms with Gasteiger partial charge in [-0.2, -0.15) is 0 Å². The summed E-state index contributed by atoms with van der Waals surface area (Å²) in [4.78, 5) is 7.18. The maximum atomic E-state index is 5.60. The van der Waals surface area contributed by atoms with Crippen LogP contribution in [0.2, 0.25) is 25.7 Å². The second kappa shape index (κ2) is 5.18. The van der Waals surface area contributed by atoms with Gasteiger partial charge in [-0.1, -0.05) is 24.5 Å². The standard InChI is InChI=1S/C9H16BrIN2OSi/c1-7-8(10)13(12-9(7)11)14-5-6-15(2,3)4/h5-6H2,1-4H3. The number of hydrogen-bond donors (Lipinski definition) is 0. The van der Waals surface area contributed by atoms with E-state index in [0.717, 1.165) is 26.5 Å². The van der Waals surface area contributed by atoms with Crippen molar-refractivity contribution in [3.8, 4) is 0 Å². The fraction of sp³-hybridized carbons (Fsp3) is 0.667. The van der Waals surface area contributed by atoms with E-state index in [1.807, 2.05) is 6.92 Å². The molecule has 0 unspecified atom stereocenters. The summed E-state index contributed by atoms with van der Waals surface area (Å²) in [6.07, 6.45) is 0. The Hall–Kier alpha value is 0.437. The van der Waals surface area contributed by atoms with Crippen molar-refractivity contribution in [2.45, 2.75) is 32.6 Å². The second-order valence-corrected chi connectivity index (χ2v) is 12.1. The van der Waals surface area contributed by atoms with Crippen LogP contribution in [0.1, 0.15) is 5.56 Å². The molecule has 0 amide bonds. The number of rotatable bonds is 4. The van der Waals surface area contributed by atoms with E-state index in [4.69, 9.17) is 4.84 Å². The molecular weight excluding hydrogens is 387 g/mol. The molecule has 86 valence electrons. The summed E-state index contributed by atoms with van der Waals surface area (Å²) in [6, 6.07) is 1.15. The number of nitrogens with zero attached hydrogens (tertiary/aromatic N) is 2. The summed E-state index contributed by atoms with van der Waals surface area (Å²) in [7, 11) is -1.02. The van der Waals surface area contributed by atoms with E-state index in [2.05, 4.69) is 63.3 Å². The highest BCUT2D eigenvalue weighted by molar-refractivity contribution is 14.1. The van der Waals surface area contributed by atoms with E-state index in [0.29, 0.717) is 0 Å². The van der Waals surface area contributed by atoms with Crippen LogP contribution < -0.4 is 4.84 Å². The van der Waals surface area contributed by atoms with Gasteiger partial charge in [0, 0.05) is 13.6 Å². The van der Waals surface area contributed by atoms with Crippen LogP contribution in [0.4, 0.5) is 0 Å². The van der Waals surface area contributed by atoms with Gasteiger partial charge in [0.15, 0.2) is 0 Å². The van der Waals surface area contributed by atoms with E-state index < -0.39 is 8.07 Å². The fourth-order valence-corrected chi connectivity index (χ4v) is 2.85. The van der Waals surface area contributed by atoms with Crippen molar-refractivity contribution in [1.82, 2.24) is 9.94 Å². The van der Waals surface area contributed by atoms with E-state index in [1.54, 1.807) is 4.85 Å². The van der Waals surface area contributed by atoms with Crippen molar-refractivity contribution in [2.75, 3.05) is 6.61 Å². The molecule has 6 heteroatoms. The second-order valence-electron chi connectivity index (χ2n) is 4.72. The molecule has 0 aromatic carbocycles. The van der Waals surface area contributed by atoms with E-state index >= 15 is 0 Å². The molecule has 0 radical (unpaired) electrons. The molecule has 1 aromatic rings. The maximum Gasteiger partial charge on any atom is 0.149 e. The smallest absolute Gasteiger partial charge is 0.149 e. The molecule has 0 bridgehead atoms. The van der Waals surface area contributed by atoms with Crippen LogP contribution in [0, 0.1) is 10.6 Å². The van der Waals surface area contributed by atoms with Crippen molar-refractivity contribution < 1.29 is 4.84 Å². The Kier molecular flexibility index (Phi) is 4.66. The minimum atomic E-state index is -1.02. The molecule has 1 heterocycles. The molecule has 1 rings (SSSR count). The topological polar surface area (TPSA) is 27.1 Å². The number of aromatic nitrogens is 2. The Morgan fingerprint density at radius 2 is 2.07 bits per heavy atom. The van der Waals surface area contributed by atoms with Gasteiger partial charge >= 0.3 is 0 Å². The average Bonchev–Trinajstić information content (AvgIpc) is 2.32. The third kappa shape index (κ3) is 4.07. The highest BCUT2D eigenvalue weighted by Gasteiger charge is 2.15. The largest absolute Gasteiger partial charge is 0.396 e. The van der Waals surface area contributed by atoms with Gasteiger partial charge in [0.25, 0.3) is 0 Å². The molecular formula is C9H16BrIN2OSi. The Bertz CT molecular complexity index is 349. The number of halogens is 2. The summed E-state index contributed by atoms with van der Waals surface area (Å²) < 4.78 is 1.90. The minimum absolute atomic E-state index is 0.742. The molecule has 0 aliphatic heterocycles. The first-order valence-electron chi connectivity index (χ1n) is 4.85. The minimum Gasteiger partial charge on any atom is -0.396 e. The third-order valence-corrected chi connectivity index (χ3v) is 5.66. The molecule has 0 fully saturated rings. The first-order valence-corrected chi connectivity index (χ1v) is 10.4. The molecule has 0 saturated carbocycles. The molecule has 15 heavy (non-hydrogen) atoms. The van der Waals surface area contributed by atoms with Crippen molar-refractivity contribution in [2.24, 2.45) is 0 Å². The van der Waals surface area contributed by atoms with Gasteiger partial charge in [-0.05, 0) is 51.5 Å². The van der Waals surface area contributed by atoms with Gasteiger partial charge in [0.1, 0.15) is 14.9 Å². The first kappa shape index (κ1) is 13.5. The van der Waals surface area contributed by atoms with Crippen LogP contribution in [-0.2, 0) is 0 Å². The summed E-state index contributed by atoms with van der Waals surface area (Å²) in [6.45, 7) is 9.78. The molecule has 1 aromatic heterocycles. The molecule has 3 nitrogen and oxygen atoms in total. The van der Waals surface area contributed by atoms with Crippen LogP contribution in [0.25, 0.3) is 0 Å². The Balaban J connectivity index is 2.55. The van der Waals surface area contributed by atoms with Crippen LogP contribution in [0.5, 0.6) is 0 Å². The molecule has 0 N–H and O–H groups in total. The lowest BCUT2D eigenvalue weighted by molar-refractivity contribution is 0.0862. The van der Waals surface area contributed by atoms with Crippen LogP contribution in [0.3, 0.4) is 0 Å². The molecule has 0 aliphatic carbocycles. The SMILES string of the molecule is Cc1c(I)nn(OCC[Si](C)(C)C)c1Br. The first-order chi connectivity index (χ1) is 6.81. The van der Waals surface area contributed by atoms with E-state index in [9.17, 15) is 0 Å². The zero-order chi connectivity index (χ0) is 11.6. The van der Waals surface area contributed by atoms with Crippen molar-refractivity contribution >= 4 is 46.6 Å². The monoisotopic (exact) mass is 402 g/mol. The zero-order valence-corrected chi connectivity index (χ0v) is 14.2. The zero-order valence-electron chi connectivity index (χ0n) is 9.47. The Morgan fingerprint density at radius 3 is 2.47 bits per heavy atom. The van der Waals surface area contributed by atoms with Gasteiger partial charge < -0.3 is 4.84 Å². The predicted octanol–water partition coefficient (Wildman–Crippen LogP) is 3.33. The van der Waals surface area contributed by atoms with E-state index in [1.165, 1.54) is 0 Å². The van der Waals surface area contributed by atoms with Gasteiger partial charge in [-0.25, -0.2) is 0 Å². The normalized spacial score (nSPS) is 11.9. The van der Waals surface area contributed by atoms with Gasteiger partial charge in [-0.3, -0.25) is 0 Å². The van der Waals surface area contributed by atoms with Crippen molar-refractivity contribution in [3.63, 3.8) is 0 Å². The summed E-state index contributed by atoms with van der Waals surface area (Å²) >= 11 is 5.67. The average molecular weight is 403 g/mol. The lowest BCUT2D eigenvalue weighted by Crippen LogP contribution is -2.25. The summed E-state index contributed by atoms with van der Waals surface area (Å²) in [5.41, 5.74) is 1.13. The molecule has 0 spiro atoms. The molecule has 0 saturated heterocycles. The number of hydrogen-bond acceptors (Lipinski definition) is 2. The lowest BCUT2D eigenvalue weighted by Gasteiger charge is -2.15. The van der Waals surface area contributed by atoms with Crippen LogP contribution in [0.15, 0.2) is 4.60 Å². The van der Waals surface area contributed by atoms with Crippen molar-refractivity contribution in [3.05, 3.63) is 13.9 Å².